The zero-order valence-electron chi connectivity index (χ0n) is 11.1. The first kappa shape index (κ1) is 16.3. The van der Waals surface area contributed by atoms with Crippen molar-refractivity contribution in [1.82, 2.24) is 5.32 Å². The topological polar surface area (TPSA) is 49.3 Å². The second-order valence-corrected chi connectivity index (χ2v) is 6.02. The van der Waals surface area contributed by atoms with Gasteiger partial charge in [0.25, 0.3) is 0 Å². The smallest absolute Gasteiger partial charge is 0.394 e. The van der Waals surface area contributed by atoms with E-state index in [1.165, 1.54) is 12.1 Å². The summed E-state index contributed by atoms with van der Waals surface area (Å²) in [5.74, 6) is -0.444. The molecule has 7 heteroatoms. The highest BCUT2D eigenvalue weighted by Gasteiger charge is 2.36. The van der Waals surface area contributed by atoms with E-state index in [2.05, 4.69) is 21.2 Å². The average Bonchev–Trinajstić information content (AvgIpc) is 2.33. The minimum Gasteiger partial charge on any atom is -0.394 e. The summed E-state index contributed by atoms with van der Waals surface area (Å²) in [6.07, 6.45) is -2.10. The summed E-state index contributed by atoms with van der Waals surface area (Å²) in [5.41, 5.74) is -0.981. The van der Waals surface area contributed by atoms with Gasteiger partial charge in [0, 0.05) is 10.4 Å². The average molecular weight is 366 g/mol. The Kier molecular flexibility index (Phi) is 4.93. The molecule has 21 heavy (non-hydrogen) atoms. The molecule has 1 aliphatic rings. The number of aliphatic hydroxyl groups excluding tert-OH is 1. The Morgan fingerprint density at radius 2 is 2.10 bits per heavy atom. The van der Waals surface area contributed by atoms with Gasteiger partial charge in [0.15, 0.2) is 0 Å². The number of nitrogens with one attached hydrogen (secondary N) is 1. The second-order valence-electron chi connectivity index (χ2n) is 5.10. The minimum absolute atomic E-state index is 0.124. The number of alkyl halides is 3. The summed E-state index contributed by atoms with van der Waals surface area (Å²) in [7, 11) is 0. The number of hydrogen-bond acceptors (Lipinski definition) is 2. The predicted octanol–water partition coefficient (Wildman–Crippen LogP) is 3.42. The molecule has 1 aromatic rings. The Hall–Kier alpha value is -1.08. The Morgan fingerprint density at radius 3 is 2.57 bits per heavy atom. The molecule has 2 N–H and O–H groups in total. The van der Waals surface area contributed by atoms with Gasteiger partial charge in [0.2, 0.25) is 5.91 Å². The van der Waals surface area contributed by atoms with Crippen LogP contribution in [0, 0.1) is 5.92 Å². The zero-order valence-corrected chi connectivity index (χ0v) is 12.7. The van der Waals surface area contributed by atoms with Crippen LogP contribution in [0.1, 0.15) is 36.4 Å². The molecule has 0 aromatic heterocycles. The van der Waals surface area contributed by atoms with Crippen LogP contribution in [-0.4, -0.2) is 17.6 Å². The Labute approximate surface area is 128 Å². The van der Waals surface area contributed by atoms with Gasteiger partial charge in [-0.3, -0.25) is 4.79 Å². The fraction of sp³-hybridized carbons (Fsp3) is 0.500. The Balaban J connectivity index is 2.26. The highest BCUT2D eigenvalue weighted by Crippen LogP contribution is 2.36. The molecule has 0 bridgehead atoms. The number of amides is 1. The van der Waals surface area contributed by atoms with Gasteiger partial charge in [-0.15, -0.1) is 0 Å². The quantitative estimate of drug-likeness (QED) is 0.858. The fourth-order valence-electron chi connectivity index (χ4n) is 2.26. The van der Waals surface area contributed by atoms with E-state index in [-0.39, 0.29) is 17.4 Å². The highest BCUT2D eigenvalue weighted by molar-refractivity contribution is 9.10. The van der Waals surface area contributed by atoms with Crippen LogP contribution in [0.4, 0.5) is 13.2 Å². The molecule has 1 saturated carbocycles. The standard InChI is InChI=1S/C14H15BrF3NO2/c15-9-4-5-10(11(6-9)14(16,17)18)12(7-20)19-13(21)8-2-1-3-8/h4-6,8,12,20H,1-3,7H2,(H,19,21)/t12-/m0/s1. The molecule has 1 aromatic carbocycles. The zero-order chi connectivity index (χ0) is 15.6. The van der Waals surface area contributed by atoms with Gasteiger partial charge in [-0.1, -0.05) is 28.4 Å². The third-order valence-electron chi connectivity index (χ3n) is 3.67. The lowest BCUT2D eigenvalue weighted by Crippen LogP contribution is -2.38. The first-order chi connectivity index (χ1) is 9.82. The molecule has 1 atom stereocenters. The van der Waals surface area contributed by atoms with E-state index in [0.29, 0.717) is 4.47 Å². The van der Waals surface area contributed by atoms with E-state index in [1.54, 1.807) is 0 Å². The van der Waals surface area contributed by atoms with E-state index >= 15 is 0 Å². The molecule has 3 nitrogen and oxygen atoms in total. The molecule has 1 amide bonds. The van der Waals surface area contributed by atoms with Gasteiger partial charge in [-0.2, -0.15) is 13.2 Å². The molecule has 0 unspecified atom stereocenters. The molecule has 1 aliphatic carbocycles. The first-order valence-corrected chi connectivity index (χ1v) is 7.40. The van der Waals surface area contributed by atoms with Crippen LogP contribution in [0.3, 0.4) is 0 Å². The number of halogens is 4. The molecule has 0 radical (unpaired) electrons. The second kappa shape index (κ2) is 6.36. The maximum absolute atomic E-state index is 13.1. The monoisotopic (exact) mass is 365 g/mol. The van der Waals surface area contributed by atoms with Crippen molar-refractivity contribution in [2.45, 2.75) is 31.5 Å². The van der Waals surface area contributed by atoms with Crippen LogP contribution in [0.25, 0.3) is 0 Å². The number of carbonyl (C=O) groups is 1. The van der Waals surface area contributed by atoms with Crippen molar-refractivity contribution >= 4 is 21.8 Å². The van der Waals surface area contributed by atoms with E-state index < -0.39 is 24.4 Å². The van der Waals surface area contributed by atoms with Gasteiger partial charge in [0.1, 0.15) is 0 Å². The lowest BCUT2D eigenvalue weighted by atomic mass is 9.84. The number of rotatable bonds is 4. The molecular weight excluding hydrogens is 351 g/mol. The van der Waals surface area contributed by atoms with Crippen molar-refractivity contribution in [3.05, 3.63) is 33.8 Å². The Bertz CT molecular complexity index is 529. The van der Waals surface area contributed by atoms with E-state index in [9.17, 15) is 23.1 Å². The first-order valence-electron chi connectivity index (χ1n) is 6.61. The summed E-state index contributed by atoms with van der Waals surface area (Å²) >= 11 is 3.00. The van der Waals surface area contributed by atoms with Crippen molar-refractivity contribution in [2.24, 2.45) is 5.92 Å². The van der Waals surface area contributed by atoms with Crippen LogP contribution >= 0.6 is 15.9 Å². The van der Waals surface area contributed by atoms with Crippen LogP contribution < -0.4 is 5.32 Å². The normalized spacial score (nSPS) is 17.2. The largest absolute Gasteiger partial charge is 0.416 e. The summed E-state index contributed by atoms with van der Waals surface area (Å²) in [6, 6.07) is 2.63. The maximum Gasteiger partial charge on any atom is 0.416 e. The van der Waals surface area contributed by atoms with Crippen molar-refractivity contribution < 1.29 is 23.1 Å². The number of hydrogen-bond donors (Lipinski definition) is 2. The van der Waals surface area contributed by atoms with E-state index in [1.807, 2.05) is 0 Å². The van der Waals surface area contributed by atoms with Crippen molar-refractivity contribution in [3.63, 3.8) is 0 Å². The van der Waals surface area contributed by atoms with E-state index in [0.717, 1.165) is 25.3 Å². The number of aliphatic hydroxyl groups is 1. The third-order valence-corrected chi connectivity index (χ3v) is 4.16. The van der Waals surface area contributed by atoms with Gasteiger partial charge in [0.05, 0.1) is 18.2 Å². The molecule has 116 valence electrons. The fourth-order valence-corrected chi connectivity index (χ4v) is 2.62. The van der Waals surface area contributed by atoms with Crippen LogP contribution in [0.15, 0.2) is 22.7 Å². The molecule has 0 saturated heterocycles. The third kappa shape index (κ3) is 3.77. The van der Waals surface area contributed by atoms with Gasteiger partial charge < -0.3 is 10.4 Å². The molecule has 0 heterocycles. The molecule has 0 aliphatic heterocycles. The maximum atomic E-state index is 13.1. The van der Waals surface area contributed by atoms with E-state index in [4.69, 9.17) is 0 Å². The molecule has 0 spiro atoms. The van der Waals surface area contributed by atoms with Crippen LogP contribution in [0.5, 0.6) is 0 Å². The summed E-state index contributed by atoms with van der Waals surface area (Å²) < 4.78 is 39.5. The van der Waals surface area contributed by atoms with Gasteiger partial charge in [-0.05, 0) is 30.5 Å². The molecule has 2 rings (SSSR count). The van der Waals surface area contributed by atoms with Gasteiger partial charge >= 0.3 is 6.18 Å². The number of benzene rings is 1. The summed E-state index contributed by atoms with van der Waals surface area (Å²) in [5, 5.41) is 11.9. The lowest BCUT2D eigenvalue weighted by Gasteiger charge is -2.28. The highest BCUT2D eigenvalue weighted by atomic mass is 79.9. The van der Waals surface area contributed by atoms with Crippen molar-refractivity contribution in [3.8, 4) is 0 Å². The van der Waals surface area contributed by atoms with Crippen molar-refractivity contribution in [2.75, 3.05) is 6.61 Å². The minimum atomic E-state index is -4.55. The van der Waals surface area contributed by atoms with Crippen molar-refractivity contribution in [1.29, 1.82) is 0 Å². The summed E-state index contributed by atoms with van der Waals surface area (Å²) in [4.78, 5) is 11.9. The predicted molar refractivity (Wildman–Crippen MR) is 74.5 cm³/mol. The van der Waals surface area contributed by atoms with Crippen LogP contribution in [-0.2, 0) is 11.0 Å². The molecule has 1 fully saturated rings. The number of carbonyl (C=O) groups excluding carboxylic acids is 1. The molecular formula is C14H15BrF3NO2. The van der Waals surface area contributed by atoms with Crippen LogP contribution in [0.2, 0.25) is 0 Å². The van der Waals surface area contributed by atoms with Gasteiger partial charge in [-0.25, -0.2) is 0 Å². The SMILES string of the molecule is O=C(N[C@@H](CO)c1ccc(Br)cc1C(F)(F)F)C1CCC1. The summed E-state index contributed by atoms with van der Waals surface area (Å²) in [6.45, 7) is -0.580. The lowest BCUT2D eigenvalue weighted by molar-refractivity contribution is -0.139. The Morgan fingerprint density at radius 1 is 1.43 bits per heavy atom.